The lowest BCUT2D eigenvalue weighted by Gasteiger charge is -2.34. The monoisotopic (exact) mass is 387 g/mol. The maximum absolute atomic E-state index is 13.1. The molecule has 1 saturated heterocycles. The first kappa shape index (κ1) is 17.7. The number of sulfonamides is 1. The van der Waals surface area contributed by atoms with Gasteiger partial charge >= 0.3 is 5.69 Å². The third kappa shape index (κ3) is 2.92. The van der Waals surface area contributed by atoms with Crippen LogP contribution in [-0.4, -0.2) is 53.0 Å². The van der Waals surface area contributed by atoms with Crippen LogP contribution in [0.25, 0.3) is 11.0 Å². The maximum atomic E-state index is 13.1. The lowest BCUT2D eigenvalue weighted by atomic mass is 10.3. The highest BCUT2D eigenvalue weighted by Crippen LogP contribution is 2.23. The van der Waals surface area contributed by atoms with Crippen molar-refractivity contribution in [2.75, 3.05) is 31.1 Å². The number of aromatic nitrogens is 3. The van der Waals surface area contributed by atoms with Gasteiger partial charge < -0.3 is 4.90 Å². The average molecular weight is 387 g/mol. The number of piperazine rings is 1. The van der Waals surface area contributed by atoms with Crippen LogP contribution in [0.5, 0.6) is 0 Å². The van der Waals surface area contributed by atoms with Crippen LogP contribution >= 0.6 is 0 Å². The predicted octanol–water partition coefficient (Wildman–Crippen LogP) is 0.783. The summed E-state index contributed by atoms with van der Waals surface area (Å²) in [5.74, 6) is 0.857. The van der Waals surface area contributed by atoms with Crippen LogP contribution in [0.4, 0.5) is 5.82 Å². The number of benzene rings is 1. The van der Waals surface area contributed by atoms with E-state index in [1.807, 2.05) is 18.2 Å². The van der Waals surface area contributed by atoms with E-state index in [9.17, 15) is 13.2 Å². The number of fused-ring (bicyclic) bond motifs is 1. The smallest absolute Gasteiger partial charge is 0.328 e. The second-order valence-electron chi connectivity index (χ2n) is 6.63. The molecule has 0 unspecified atom stereocenters. The molecular formula is C18H21N5O3S. The molecule has 0 atom stereocenters. The summed E-state index contributed by atoms with van der Waals surface area (Å²) in [6.07, 6.45) is 1.73. The van der Waals surface area contributed by atoms with E-state index in [2.05, 4.69) is 9.88 Å². The molecule has 8 nitrogen and oxygen atoms in total. The first-order chi connectivity index (χ1) is 12.9. The number of hydrogen-bond acceptors (Lipinski definition) is 5. The third-order valence-corrected chi connectivity index (χ3v) is 6.99. The van der Waals surface area contributed by atoms with Gasteiger partial charge in [-0.25, -0.2) is 18.2 Å². The van der Waals surface area contributed by atoms with Gasteiger partial charge in [0.25, 0.3) is 0 Å². The quantitative estimate of drug-likeness (QED) is 0.664. The summed E-state index contributed by atoms with van der Waals surface area (Å²) in [6.45, 7) is 1.96. The minimum Gasteiger partial charge on any atom is -0.354 e. The third-order valence-electron chi connectivity index (χ3n) is 5.09. The van der Waals surface area contributed by atoms with Crippen LogP contribution in [0, 0.1) is 0 Å². The van der Waals surface area contributed by atoms with Crippen molar-refractivity contribution in [3.63, 3.8) is 0 Å². The molecule has 2 aromatic heterocycles. The number of pyridine rings is 1. The Hall–Kier alpha value is -2.65. The number of rotatable bonds is 3. The normalized spacial score (nSPS) is 16.1. The largest absolute Gasteiger partial charge is 0.354 e. The summed E-state index contributed by atoms with van der Waals surface area (Å²) >= 11 is 0. The van der Waals surface area contributed by atoms with Gasteiger partial charge in [-0.05, 0) is 30.3 Å². The van der Waals surface area contributed by atoms with E-state index in [1.54, 1.807) is 38.5 Å². The molecule has 0 radical (unpaired) electrons. The molecule has 0 saturated carbocycles. The van der Waals surface area contributed by atoms with Crippen molar-refractivity contribution in [3.8, 4) is 0 Å². The molecular weight excluding hydrogens is 366 g/mol. The molecule has 1 fully saturated rings. The van der Waals surface area contributed by atoms with E-state index in [0.717, 1.165) is 5.82 Å². The van der Waals surface area contributed by atoms with Gasteiger partial charge in [0.05, 0.1) is 15.9 Å². The molecule has 1 aliphatic rings. The minimum absolute atomic E-state index is 0.177. The Morgan fingerprint density at radius 3 is 2.30 bits per heavy atom. The Morgan fingerprint density at radius 1 is 0.926 bits per heavy atom. The number of anilines is 1. The highest BCUT2D eigenvalue weighted by Gasteiger charge is 2.29. The fraction of sp³-hybridized carbons (Fsp3) is 0.333. The second kappa shape index (κ2) is 6.50. The summed E-state index contributed by atoms with van der Waals surface area (Å²) in [5.41, 5.74) is 1.14. The van der Waals surface area contributed by atoms with Crippen LogP contribution in [0.1, 0.15) is 0 Å². The highest BCUT2D eigenvalue weighted by molar-refractivity contribution is 7.89. The Balaban J connectivity index is 1.60. The van der Waals surface area contributed by atoms with Crippen molar-refractivity contribution < 1.29 is 8.42 Å². The van der Waals surface area contributed by atoms with E-state index in [4.69, 9.17) is 0 Å². The van der Waals surface area contributed by atoms with E-state index in [-0.39, 0.29) is 10.6 Å². The Bertz CT molecular complexity index is 1140. The molecule has 4 rings (SSSR count). The molecule has 3 heterocycles. The van der Waals surface area contributed by atoms with Crippen molar-refractivity contribution in [2.45, 2.75) is 4.90 Å². The van der Waals surface area contributed by atoms with Gasteiger partial charge in [-0.15, -0.1) is 0 Å². The SMILES string of the molecule is Cn1c(=O)n(C)c2cc(S(=O)(=O)N3CCN(c4ccccn4)CC3)ccc21. The summed E-state index contributed by atoms with van der Waals surface area (Å²) in [7, 11) is -0.296. The van der Waals surface area contributed by atoms with Crippen molar-refractivity contribution in [1.29, 1.82) is 0 Å². The fourth-order valence-electron chi connectivity index (χ4n) is 3.49. The maximum Gasteiger partial charge on any atom is 0.328 e. The predicted molar refractivity (Wildman–Crippen MR) is 103 cm³/mol. The fourth-order valence-corrected chi connectivity index (χ4v) is 4.94. The standard InChI is InChI=1S/C18H21N5O3S/c1-20-15-7-6-14(13-16(15)21(2)18(20)24)27(25,26)23-11-9-22(10-12-23)17-5-3-4-8-19-17/h3-8,13H,9-12H2,1-2H3. The van der Waals surface area contributed by atoms with E-state index in [1.165, 1.54) is 13.4 Å². The zero-order valence-electron chi connectivity index (χ0n) is 15.2. The molecule has 0 bridgehead atoms. The topological polar surface area (TPSA) is 80.4 Å². The van der Waals surface area contributed by atoms with E-state index >= 15 is 0 Å². The molecule has 9 heteroatoms. The highest BCUT2D eigenvalue weighted by atomic mass is 32.2. The summed E-state index contributed by atoms with van der Waals surface area (Å²) in [6, 6.07) is 10.5. The van der Waals surface area contributed by atoms with Gasteiger partial charge in [0.2, 0.25) is 10.0 Å². The molecule has 27 heavy (non-hydrogen) atoms. The molecule has 3 aromatic rings. The van der Waals surface area contributed by atoms with Crippen LogP contribution in [0.2, 0.25) is 0 Å². The zero-order chi connectivity index (χ0) is 19.2. The first-order valence-electron chi connectivity index (χ1n) is 8.71. The van der Waals surface area contributed by atoms with Crippen LogP contribution in [0.15, 0.2) is 52.3 Å². The Kier molecular flexibility index (Phi) is 4.27. The van der Waals surface area contributed by atoms with Gasteiger partial charge in [-0.3, -0.25) is 9.13 Å². The van der Waals surface area contributed by atoms with Crippen molar-refractivity contribution >= 4 is 26.9 Å². The van der Waals surface area contributed by atoms with Gasteiger partial charge in [0.15, 0.2) is 0 Å². The number of imidazole rings is 1. The minimum atomic E-state index is -3.62. The molecule has 0 aliphatic carbocycles. The lowest BCUT2D eigenvalue weighted by molar-refractivity contribution is 0.384. The van der Waals surface area contributed by atoms with Gasteiger partial charge in [-0.1, -0.05) is 6.07 Å². The Labute approximate surface area is 157 Å². The second-order valence-corrected chi connectivity index (χ2v) is 8.57. The van der Waals surface area contributed by atoms with Crippen LogP contribution in [0.3, 0.4) is 0 Å². The summed E-state index contributed by atoms with van der Waals surface area (Å²) in [5, 5.41) is 0. The van der Waals surface area contributed by atoms with Crippen molar-refractivity contribution in [3.05, 3.63) is 53.1 Å². The van der Waals surface area contributed by atoms with E-state index in [0.29, 0.717) is 37.2 Å². The molecule has 0 N–H and O–H groups in total. The van der Waals surface area contributed by atoms with E-state index < -0.39 is 10.0 Å². The molecule has 1 aliphatic heterocycles. The molecule has 0 amide bonds. The lowest BCUT2D eigenvalue weighted by Crippen LogP contribution is -2.48. The van der Waals surface area contributed by atoms with Gasteiger partial charge in [-0.2, -0.15) is 4.31 Å². The van der Waals surface area contributed by atoms with Gasteiger partial charge in [0.1, 0.15) is 5.82 Å². The number of aryl methyl sites for hydroxylation is 2. The van der Waals surface area contributed by atoms with Crippen LogP contribution in [-0.2, 0) is 24.1 Å². The summed E-state index contributed by atoms with van der Waals surface area (Å²) in [4.78, 5) is 18.7. The number of hydrogen-bond donors (Lipinski definition) is 0. The first-order valence-corrected chi connectivity index (χ1v) is 10.2. The molecule has 1 aromatic carbocycles. The van der Waals surface area contributed by atoms with Crippen molar-refractivity contribution in [2.24, 2.45) is 14.1 Å². The zero-order valence-corrected chi connectivity index (χ0v) is 16.1. The summed E-state index contributed by atoms with van der Waals surface area (Å²) < 4.78 is 30.6. The molecule has 142 valence electrons. The Morgan fingerprint density at radius 2 is 1.63 bits per heavy atom. The van der Waals surface area contributed by atoms with Crippen molar-refractivity contribution in [1.82, 2.24) is 18.4 Å². The number of nitrogens with zero attached hydrogens (tertiary/aromatic N) is 5. The molecule has 0 spiro atoms. The van der Waals surface area contributed by atoms with Crippen LogP contribution < -0.4 is 10.6 Å². The average Bonchev–Trinajstić information content (AvgIpc) is 2.92. The van der Waals surface area contributed by atoms with Gasteiger partial charge in [0, 0.05) is 46.5 Å².